The van der Waals surface area contributed by atoms with Gasteiger partial charge in [0.15, 0.2) is 11.5 Å². The number of hydrogen-bond acceptors (Lipinski definition) is 8. The molecular formula is C17H16O8. The summed E-state index contributed by atoms with van der Waals surface area (Å²) >= 11 is 0. The highest BCUT2D eigenvalue weighted by Gasteiger charge is 2.59. The summed E-state index contributed by atoms with van der Waals surface area (Å²) < 4.78 is 15.4. The van der Waals surface area contributed by atoms with E-state index in [0.29, 0.717) is 0 Å². The summed E-state index contributed by atoms with van der Waals surface area (Å²) in [6, 6.07) is 8.67. The standard InChI is InChI=1S/C17H16O8/c1-23-11-8-10-12(14(24-2)13(11)18)16(20,21)15(19)17(22,25-10)9-6-4-3-5-7-9/h3-8,18,20-22H,1-2H3. The van der Waals surface area contributed by atoms with E-state index in [9.17, 15) is 25.2 Å². The average Bonchev–Trinajstić information content (AvgIpc) is 2.61. The fourth-order valence-corrected chi connectivity index (χ4v) is 2.78. The molecule has 0 saturated carbocycles. The number of methoxy groups -OCH3 is 2. The van der Waals surface area contributed by atoms with Gasteiger partial charge in [-0.1, -0.05) is 30.3 Å². The molecule has 0 bridgehead atoms. The number of ether oxygens (including phenoxy) is 3. The summed E-state index contributed by atoms with van der Waals surface area (Å²) in [5.41, 5.74) is -0.525. The van der Waals surface area contributed by atoms with E-state index in [-0.39, 0.29) is 17.1 Å². The Balaban J connectivity index is 2.29. The van der Waals surface area contributed by atoms with E-state index in [0.717, 1.165) is 13.2 Å². The van der Waals surface area contributed by atoms with Gasteiger partial charge in [0.05, 0.1) is 14.2 Å². The van der Waals surface area contributed by atoms with Crippen LogP contribution >= 0.6 is 0 Å². The maximum atomic E-state index is 12.6. The van der Waals surface area contributed by atoms with Gasteiger partial charge in [0.1, 0.15) is 11.3 Å². The zero-order valence-corrected chi connectivity index (χ0v) is 13.4. The quantitative estimate of drug-likeness (QED) is 0.586. The van der Waals surface area contributed by atoms with Gasteiger partial charge in [0.2, 0.25) is 5.75 Å². The van der Waals surface area contributed by atoms with Crippen LogP contribution in [0.15, 0.2) is 36.4 Å². The number of benzene rings is 2. The van der Waals surface area contributed by atoms with Crippen LogP contribution in [0.1, 0.15) is 11.1 Å². The third kappa shape index (κ3) is 2.30. The van der Waals surface area contributed by atoms with Crippen molar-refractivity contribution in [3.8, 4) is 23.0 Å². The number of Topliss-reactive ketones (excluding diaryl/α,β-unsaturated/α-hetero) is 1. The molecule has 0 aliphatic carbocycles. The summed E-state index contributed by atoms with van der Waals surface area (Å²) in [7, 11) is 2.43. The maximum absolute atomic E-state index is 12.6. The monoisotopic (exact) mass is 348 g/mol. The minimum Gasteiger partial charge on any atom is -0.502 e. The van der Waals surface area contributed by atoms with Gasteiger partial charge in [-0.3, -0.25) is 4.79 Å². The van der Waals surface area contributed by atoms with E-state index >= 15 is 0 Å². The Morgan fingerprint density at radius 3 is 2.24 bits per heavy atom. The number of ketones is 1. The molecule has 2 aromatic rings. The van der Waals surface area contributed by atoms with Gasteiger partial charge in [-0.25, -0.2) is 0 Å². The largest absolute Gasteiger partial charge is 0.502 e. The first-order valence-electron chi connectivity index (χ1n) is 7.22. The van der Waals surface area contributed by atoms with Crippen molar-refractivity contribution in [2.24, 2.45) is 0 Å². The number of carbonyl (C=O) groups excluding carboxylic acids is 1. The summed E-state index contributed by atoms with van der Waals surface area (Å²) in [4.78, 5) is 12.6. The maximum Gasteiger partial charge on any atom is 0.301 e. The number of phenolic OH excluding ortho intramolecular Hbond substituents is 1. The molecule has 3 rings (SSSR count). The molecule has 8 nitrogen and oxygen atoms in total. The second kappa shape index (κ2) is 5.62. The van der Waals surface area contributed by atoms with Crippen LogP contribution in [0.2, 0.25) is 0 Å². The van der Waals surface area contributed by atoms with E-state index in [4.69, 9.17) is 14.2 Å². The van der Waals surface area contributed by atoms with Gasteiger partial charge in [0.25, 0.3) is 11.6 Å². The Bertz CT molecular complexity index is 830. The lowest BCUT2D eigenvalue weighted by molar-refractivity contribution is -0.243. The normalized spacial score (nSPS) is 21.2. The van der Waals surface area contributed by atoms with Crippen molar-refractivity contribution in [1.82, 2.24) is 0 Å². The lowest BCUT2D eigenvalue weighted by Crippen LogP contribution is -2.56. The highest BCUT2D eigenvalue weighted by Crippen LogP contribution is 2.53. The highest BCUT2D eigenvalue weighted by atomic mass is 16.6. The van der Waals surface area contributed by atoms with Gasteiger partial charge in [0, 0.05) is 11.6 Å². The lowest BCUT2D eigenvalue weighted by Gasteiger charge is -2.39. The fourth-order valence-electron chi connectivity index (χ4n) is 2.78. The number of aromatic hydroxyl groups is 1. The van der Waals surface area contributed by atoms with Crippen molar-refractivity contribution in [2.75, 3.05) is 14.2 Å². The molecule has 2 aromatic carbocycles. The first kappa shape index (κ1) is 17.0. The Morgan fingerprint density at radius 2 is 1.68 bits per heavy atom. The van der Waals surface area contributed by atoms with Crippen LogP contribution in [-0.4, -0.2) is 40.4 Å². The Kier molecular flexibility index (Phi) is 3.83. The second-order valence-corrected chi connectivity index (χ2v) is 5.45. The van der Waals surface area contributed by atoms with Crippen molar-refractivity contribution >= 4 is 5.78 Å². The zero-order valence-electron chi connectivity index (χ0n) is 13.4. The number of carbonyl (C=O) groups is 1. The predicted octanol–water partition coefficient (Wildman–Crippen LogP) is 0.354. The van der Waals surface area contributed by atoms with Gasteiger partial charge >= 0.3 is 5.79 Å². The smallest absolute Gasteiger partial charge is 0.301 e. The summed E-state index contributed by atoms with van der Waals surface area (Å²) in [6.45, 7) is 0. The molecule has 1 aliphatic heterocycles. The minimum absolute atomic E-state index is 0.00383. The zero-order chi connectivity index (χ0) is 18.4. The third-order valence-electron chi connectivity index (χ3n) is 4.00. The van der Waals surface area contributed by atoms with Crippen molar-refractivity contribution in [2.45, 2.75) is 11.6 Å². The number of phenols is 1. The summed E-state index contributed by atoms with van der Waals surface area (Å²) in [5.74, 6) is -8.61. The van der Waals surface area contributed by atoms with Crippen LogP contribution in [0.3, 0.4) is 0 Å². The van der Waals surface area contributed by atoms with Gasteiger partial charge in [-0.15, -0.1) is 0 Å². The second-order valence-electron chi connectivity index (χ2n) is 5.45. The summed E-state index contributed by atoms with van der Waals surface area (Å²) in [6.07, 6.45) is 0. The van der Waals surface area contributed by atoms with E-state index in [1.165, 1.54) is 19.2 Å². The molecule has 0 radical (unpaired) electrons. The van der Waals surface area contributed by atoms with Gasteiger partial charge < -0.3 is 34.6 Å². The van der Waals surface area contributed by atoms with Gasteiger partial charge in [-0.2, -0.15) is 0 Å². The average molecular weight is 348 g/mol. The molecule has 132 valence electrons. The van der Waals surface area contributed by atoms with Crippen molar-refractivity contribution < 1.29 is 39.4 Å². The number of aliphatic hydroxyl groups is 3. The molecule has 1 atom stereocenters. The molecule has 0 aromatic heterocycles. The molecule has 8 heteroatoms. The minimum atomic E-state index is -3.17. The van der Waals surface area contributed by atoms with Crippen molar-refractivity contribution in [1.29, 1.82) is 0 Å². The molecule has 1 unspecified atom stereocenters. The molecular weight excluding hydrogens is 332 g/mol. The molecule has 25 heavy (non-hydrogen) atoms. The Hall–Kier alpha value is -2.81. The SMILES string of the molecule is COc1cc2c(c(OC)c1O)C(O)(O)C(=O)C(O)(c1ccccc1)O2. The van der Waals surface area contributed by atoms with Crippen LogP contribution < -0.4 is 14.2 Å². The van der Waals surface area contributed by atoms with Crippen molar-refractivity contribution in [3.63, 3.8) is 0 Å². The number of hydrogen-bond donors (Lipinski definition) is 4. The Labute approximate surface area is 142 Å². The van der Waals surface area contributed by atoms with Crippen molar-refractivity contribution in [3.05, 3.63) is 47.5 Å². The third-order valence-corrected chi connectivity index (χ3v) is 4.00. The molecule has 1 heterocycles. The number of fused-ring (bicyclic) bond motifs is 1. The van der Waals surface area contributed by atoms with Crippen LogP contribution in [-0.2, 0) is 16.4 Å². The molecule has 0 amide bonds. The van der Waals surface area contributed by atoms with E-state index in [1.807, 2.05) is 0 Å². The summed E-state index contributed by atoms with van der Waals surface area (Å²) in [5, 5.41) is 41.7. The van der Waals surface area contributed by atoms with Crippen LogP contribution in [0.5, 0.6) is 23.0 Å². The molecule has 0 fully saturated rings. The van der Waals surface area contributed by atoms with Crippen LogP contribution in [0.25, 0.3) is 0 Å². The molecule has 1 aliphatic rings. The molecule has 0 spiro atoms. The van der Waals surface area contributed by atoms with E-state index < -0.39 is 34.4 Å². The first-order chi connectivity index (χ1) is 11.8. The van der Waals surface area contributed by atoms with Gasteiger partial charge in [-0.05, 0) is 0 Å². The predicted molar refractivity (Wildman–Crippen MR) is 83.3 cm³/mol. The fraction of sp³-hybridized carbons (Fsp3) is 0.235. The number of rotatable bonds is 3. The molecule has 0 saturated heterocycles. The Morgan fingerprint density at radius 1 is 1.04 bits per heavy atom. The van der Waals surface area contributed by atoms with E-state index in [2.05, 4.69) is 0 Å². The van der Waals surface area contributed by atoms with Crippen LogP contribution in [0.4, 0.5) is 0 Å². The van der Waals surface area contributed by atoms with E-state index in [1.54, 1.807) is 18.2 Å². The lowest BCUT2D eigenvalue weighted by atomic mass is 9.87. The molecule has 4 N–H and O–H groups in total. The first-order valence-corrected chi connectivity index (χ1v) is 7.22. The topological polar surface area (TPSA) is 126 Å². The highest BCUT2D eigenvalue weighted by molar-refractivity contribution is 5.97. The van der Waals surface area contributed by atoms with Crippen LogP contribution in [0, 0.1) is 0 Å².